The van der Waals surface area contributed by atoms with Crippen molar-refractivity contribution in [3.8, 4) is 0 Å². The molecule has 1 aliphatic heterocycles. The number of carbonyl (C=O) groups is 2. The minimum Gasteiger partial charge on any atom is -0.353 e. The van der Waals surface area contributed by atoms with Gasteiger partial charge in [0.05, 0.1) is 17.4 Å². The van der Waals surface area contributed by atoms with Gasteiger partial charge in [-0.3, -0.25) is 9.59 Å². The lowest BCUT2D eigenvalue weighted by molar-refractivity contribution is -0.115. The zero-order chi connectivity index (χ0) is 18.9. The van der Waals surface area contributed by atoms with Crippen molar-refractivity contribution in [2.45, 2.75) is 40.0 Å². The number of nitrogens with zero attached hydrogens (tertiary/aromatic N) is 3. The van der Waals surface area contributed by atoms with Gasteiger partial charge in [-0.2, -0.15) is 0 Å². The van der Waals surface area contributed by atoms with Crippen molar-refractivity contribution in [3.05, 3.63) is 17.8 Å². The van der Waals surface area contributed by atoms with Crippen LogP contribution in [0.2, 0.25) is 0 Å². The van der Waals surface area contributed by atoms with E-state index in [0.717, 1.165) is 52.1 Å². The average Bonchev–Trinajstić information content (AvgIpc) is 2.67. The smallest absolute Gasteiger partial charge is 0.257 e. The van der Waals surface area contributed by atoms with Crippen LogP contribution in [0, 0.1) is 0 Å². The molecule has 0 bridgehead atoms. The lowest BCUT2D eigenvalue weighted by atomic mass is 10.1. The summed E-state index contributed by atoms with van der Waals surface area (Å²) in [4.78, 5) is 33.5. The Balaban J connectivity index is 2.37. The molecule has 1 aliphatic rings. The lowest BCUT2D eigenvalue weighted by Crippen LogP contribution is -2.45. The van der Waals surface area contributed by atoms with E-state index in [1.165, 1.54) is 0 Å². The van der Waals surface area contributed by atoms with Crippen LogP contribution < -0.4 is 15.5 Å². The highest BCUT2D eigenvalue weighted by atomic mass is 16.2. The molecule has 0 aliphatic carbocycles. The van der Waals surface area contributed by atoms with Gasteiger partial charge in [0.2, 0.25) is 5.91 Å². The van der Waals surface area contributed by atoms with Gasteiger partial charge in [0.15, 0.2) is 0 Å². The van der Waals surface area contributed by atoms with E-state index in [1.807, 2.05) is 4.90 Å². The molecule has 0 atom stereocenters. The molecule has 2 N–H and O–H groups in total. The molecule has 0 spiro atoms. The van der Waals surface area contributed by atoms with Crippen LogP contribution in [0.15, 0.2) is 12.3 Å². The molecular weight excluding hydrogens is 330 g/mol. The Labute approximate surface area is 156 Å². The van der Waals surface area contributed by atoms with E-state index >= 15 is 0 Å². The maximum absolute atomic E-state index is 13.2. The molecule has 1 saturated heterocycles. The fourth-order valence-corrected chi connectivity index (χ4v) is 3.09. The van der Waals surface area contributed by atoms with Crippen LogP contribution >= 0.6 is 0 Å². The van der Waals surface area contributed by atoms with E-state index in [-0.39, 0.29) is 11.8 Å². The van der Waals surface area contributed by atoms with Crippen molar-refractivity contribution in [3.63, 3.8) is 0 Å². The Morgan fingerprint density at radius 3 is 2.42 bits per heavy atom. The topological polar surface area (TPSA) is 77.6 Å². The second kappa shape index (κ2) is 10.1. The number of aromatic nitrogens is 1. The summed E-state index contributed by atoms with van der Waals surface area (Å²) in [5, 5.41) is 6.14. The number of rotatable bonds is 8. The fourth-order valence-electron chi connectivity index (χ4n) is 3.09. The highest BCUT2D eigenvalue weighted by Crippen LogP contribution is 2.24. The molecule has 1 aromatic rings. The minimum absolute atomic E-state index is 0.0117. The first kappa shape index (κ1) is 20.2. The lowest BCUT2D eigenvalue weighted by Gasteiger charge is -2.31. The van der Waals surface area contributed by atoms with E-state index in [1.54, 1.807) is 19.2 Å². The molecule has 1 fully saturated rings. The second-order valence-corrected chi connectivity index (χ2v) is 6.53. The summed E-state index contributed by atoms with van der Waals surface area (Å²) < 4.78 is 0. The summed E-state index contributed by atoms with van der Waals surface area (Å²) in [6, 6.07) is 1.78. The molecule has 7 nitrogen and oxygen atoms in total. The van der Waals surface area contributed by atoms with Crippen LogP contribution in [0.3, 0.4) is 0 Å². The van der Waals surface area contributed by atoms with Gasteiger partial charge < -0.3 is 20.4 Å². The van der Waals surface area contributed by atoms with Crippen LogP contribution in [0.25, 0.3) is 0 Å². The van der Waals surface area contributed by atoms with E-state index in [4.69, 9.17) is 0 Å². The summed E-state index contributed by atoms with van der Waals surface area (Å²) in [5.41, 5.74) is 1.15. The van der Waals surface area contributed by atoms with E-state index in [2.05, 4.69) is 34.4 Å². The van der Waals surface area contributed by atoms with Crippen LogP contribution in [-0.4, -0.2) is 61.0 Å². The highest BCUT2D eigenvalue weighted by molar-refractivity contribution is 6.01. The molecule has 2 amide bonds. The summed E-state index contributed by atoms with van der Waals surface area (Å²) >= 11 is 0. The number of hydrogen-bond acceptors (Lipinski definition) is 5. The first-order valence-electron chi connectivity index (χ1n) is 9.65. The number of amides is 2. The normalized spacial score (nSPS) is 14.2. The molecule has 0 aromatic carbocycles. The molecule has 144 valence electrons. The van der Waals surface area contributed by atoms with Crippen molar-refractivity contribution in [1.29, 1.82) is 0 Å². The van der Waals surface area contributed by atoms with Crippen molar-refractivity contribution >= 4 is 23.3 Å². The van der Waals surface area contributed by atoms with Crippen molar-refractivity contribution < 1.29 is 9.59 Å². The van der Waals surface area contributed by atoms with Gasteiger partial charge in [0.25, 0.3) is 5.91 Å². The largest absolute Gasteiger partial charge is 0.353 e. The number of piperazine rings is 1. The molecule has 0 unspecified atom stereocenters. The third kappa shape index (κ3) is 5.17. The molecule has 2 heterocycles. The van der Waals surface area contributed by atoms with Gasteiger partial charge in [0, 0.05) is 45.7 Å². The van der Waals surface area contributed by atoms with Gasteiger partial charge in [-0.1, -0.05) is 20.8 Å². The minimum atomic E-state index is -0.0842. The monoisotopic (exact) mass is 361 g/mol. The van der Waals surface area contributed by atoms with Crippen LogP contribution in [0.1, 0.15) is 50.4 Å². The molecule has 0 radical (unpaired) electrons. The van der Waals surface area contributed by atoms with E-state index in [9.17, 15) is 9.59 Å². The molecule has 26 heavy (non-hydrogen) atoms. The SMILES string of the molecule is CCCN(CCC)C(=O)c1cc(NC(=O)CC)cnc1N1CCNCC1. The zero-order valence-corrected chi connectivity index (χ0v) is 16.2. The number of nitrogens with one attached hydrogen (secondary N) is 2. The number of anilines is 2. The van der Waals surface area contributed by atoms with Crippen molar-refractivity contribution in [1.82, 2.24) is 15.2 Å². The molecule has 7 heteroatoms. The van der Waals surface area contributed by atoms with Crippen LogP contribution in [-0.2, 0) is 4.79 Å². The summed E-state index contributed by atoms with van der Waals surface area (Å²) in [6.45, 7) is 10.8. The van der Waals surface area contributed by atoms with Gasteiger partial charge in [0.1, 0.15) is 5.82 Å². The van der Waals surface area contributed by atoms with Gasteiger partial charge in [-0.25, -0.2) is 4.98 Å². The second-order valence-electron chi connectivity index (χ2n) is 6.53. The summed E-state index contributed by atoms with van der Waals surface area (Å²) in [7, 11) is 0. The Morgan fingerprint density at radius 2 is 1.85 bits per heavy atom. The van der Waals surface area contributed by atoms with Crippen LogP contribution in [0.4, 0.5) is 11.5 Å². The Hall–Kier alpha value is -2.15. The maximum Gasteiger partial charge on any atom is 0.257 e. The predicted molar refractivity (Wildman–Crippen MR) is 105 cm³/mol. The Morgan fingerprint density at radius 1 is 1.19 bits per heavy atom. The number of carbonyl (C=O) groups excluding carboxylic acids is 2. The zero-order valence-electron chi connectivity index (χ0n) is 16.2. The summed E-state index contributed by atoms with van der Waals surface area (Å²) in [6.07, 6.45) is 3.86. The number of hydrogen-bond donors (Lipinski definition) is 2. The van der Waals surface area contributed by atoms with Crippen molar-refractivity contribution in [2.75, 3.05) is 49.5 Å². The van der Waals surface area contributed by atoms with Gasteiger partial charge in [-0.05, 0) is 18.9 Å². The van der Waals surface area contributed by atoms with Gasteiger partial charge in [-0.15, -0.1) is 0 Å². The van der Waals surface area contributed by atoms with Crippen LogP contribution in [0.5, 0.6) is 0 Å². The number of pyridine rings is 1. The van der Waals surface area contributed by atoms with E-state index < -0.39 is 0 Å². The Kier molecular flexibility index (Phi) is 7.84. The average molecular weight is 361 g/mol. The quantitative estimate of drug-likeness (QED) is 0.741. The van der Waals surface area contributed by atoms with E-state index in [0.29, 0.717) is 23.5 Å². The third-order valence-electron chi connectivity index (χ3n) is 4.39. The van der Waals surface area contributed by atoms with Gasteiger partial charge >= 0.3 is 0 Å². The standard InChI is InChI=1S/C19H31N5O2/c1-4-9-24(10-5-2)19(26)16-13-15(22-17(25)6-3)14-21-18(16)23-11-7-20-8-12-23/h13-14,20H,4-12H2,1-3H3,(H,22,25). The highest BCUT2D eigenvalue weighted by Gasteiger charge is 2.24. The first-order valence-corrected chi connectivity index (χ1v) is 9.65. The summed E-state index contributed by atoms with van der Waals surface area (Å²) in [5.74, 6) is 0.615. The molecular formula is C19H31N5O2. The fraction of sp³-hybridized carbons (Fsp3) is 0.632. The molecule has 1 aromatic heterocycles. The Bertz CT molecular complexity index is 608. The molecule has 0 saturated carbocycles. The van der Waals surface area contributed by atoms with Crippen molar-refractivity contribution in [2.24, 2.45) is 0 Å². The maximum atomic E-state index is 13.2. The third-order valence-corrected chi connectivity index (χ3v) is 4.39. The first-order chi connectivity index (χ1) is 12.6. The molecule has 2 rings (SSSR count). The predicted octanol–water partition coefficient (Wildman–Crippen LogP) is 2.10.